The first-order valence-corrected chi connectivity index (χ1v) is 15.4. The van der Waals surface area contributed by atoms with Crippen LogP contribution < -0.4 is 14.4 Å². The van der Waals surface area contributed by atoms with Crippen molar-refractivity contribution < 1.29 is 35.9 Å². The normalized spacial score (nSPS) is 12.8. The summed E-state index contributed by atoms with van der Waals surface area (Å²) < 4.78 is 75.0. The number of benzene rings is 3. The van der Waals surface area contributed by atoms with Gasteiger partial charge in [0.1, 0.15) is 18.3 Å². The van der Waals surface area contributed by atoms with Crippen LogP contribution in [0.15, 0.2) is 71.6 Å². The van der Waals surface area contributed by atoms with Gasteiger partial charge in [0.2, 0.25) is 11.8 Å². The van der Waals surface area contributed by atoms with E-state index in [1.54, 1.807) is 52.0 Å². The van der Waals surface area contributed by atoms with Gasteiger partial charge in [0.05, 0.1) is 28.3 Å². The summed E-state index contributed by atoms with van der Waals surface area (Å²) in [7, 11) is -3.08. The number of carbonyl (C=O) groups excluding carboxylic acids is 2. The summed E-state index contributed by atoms with van der Waals surface area (Å²) in [6.45, 7) is 7.53. The molecular formula is C31H35ClF3N3O5S. The van der Waals surface area contributed by atoms with Gasteiger partial charge in [-0.15, -0.1) is 0 Å². The zero-order chi connectivity index (χ0) is 33.0. The first kappa shape index (κ1) is 34.7. The van der Waals surface area contributed by atoms with Gasteiger partial charge in [0.15, 0.2) is 0 Å². The fourth-order valence-corrected chi connectivity index (χ4v) is 5.87. The topological polar surface area (TPSA) is 96.0 Å². The molecule has 0 fully saturated rings. The first-order chi connectivity index (χ1) is 20.3. The molecule has 0 saturated heterocycles. The lowest BCUT2D eigenvalue weighted by atomic mass is 10.1. The van der Waals surface area contributed by atoms with E-state index in [-0.39, 0.29) is 11.4 Å². The molecule has 3 aromatic rings. The average Bonchev–Trinajstić information content (AvgIpc) is 2.93. The molecule has 13 heteroatoms. The Hall–Kier alpha value is -3.77. The molecule has 44 heavy (non-hydrogen) atoms. The third-order valence-electron chi connectivity index (χ3n) is 6.61. The third kappa shape index (κ3) is 8.66. The van der Waals surface area contributed by atoms with Gasteiger partial charge in [-0.25, -0.2) is 8.42 Å². The molecular weight excluding hydrogens is 619 g/mol. The molecule has 0 aromatic heterocycles. The molecule has 0 heterocycles. The number of alkyl halides is 3. The fraction of sp³-hybridized carbons (Fsp3) is 0.355. The van der Waals surface area contributed by atoms with Crippen LogP contribution in [0.3, 0.4) is 0 Å². The highest BCUT2D eigenvalue weighted by molar-refractivity contribution is 7.92. The molecule has 2 amide bonds. The van der Waals surface area contributed by atoms with Crippen LogP contribution in [0.25, 0.3) is 0 Å². The van der Waals surface area contributed by atoms with Crippen molar-refractivity contribution in [2.45, 2.75) is 63.8 Å². The minimum atomic E-state index is -4.89. The molecule has 0 aliphatic carbocycles. The Morgan fingerprint density at radius 2 is 1.57 bits per heavy atom. The zero-order valence-electron chi connectivity index (χ0n) is 25.2. The van der Waals surface area contributed by atoms with Crippen LogP contribution in [0.5, 0.6) is 5.75 Å². The van der Waals surface area contributed by atoms with Crippen LogP contribution >= 0.6 is 11.6 Å². The molecule has 0 aliphatic heterocycles. The molecule has 0 spiro atoms. The maximum atomic E-state index is 14.0. The van der Waals surface area contributed by atoms with Gasteiger partial charge < -0.3 is 15.0 Å². The summed E-state index contributed by atoms with van der Waals surface area (Å²) in [5.41, 5.74) is -0.971. The molecule has 3 rings (SSSR count). The number of nitrogens with one attached hydrogen (secondary N) is 1. The Balaban J connectivity index is 2.12. The van der Waals surface area contributed by atoms with E-state index in [1.165, 1.54) is 43.2 Å². The number of amides is 2. The summed E-state index contributed by atoms with van der Waals surface area (Å²) in [5, 5.41) is 2.18. The van der Waals surface area contributed by atoms with E-state index in [1.807, 2.05) is 0 Å². The molecule has 1 N–H and O–H groups in total. The predicted molar refractivity (Wildman–Crippen MR) is 163 cm³/mol. The Bertz CT molecular complexity index is 1590. The highest BCUT2D eigenvalue weighted by Crippen LogP contribution is 2.38. The Kier molecular flexibility index (Phi) is 10.6. The van der Waals surface area contributed by atoms with Crippen molar-refractivity contribution in [1.82, 2.24) is 10.2 Å². The maximum Gasteiger partial charge on any atom is 0.417 e. The van der Waals surface area contributed by atoms with Gasteiger partial charge in [0, 0.05) is 12.1 Å². The van der Waals surface area contributed by atoms with Crippen LogP contribution in [-0.4, -0.2) is 50.4 Å². The summed E-state index contributed by atoms with van der Waals surface area (Å²) >= 11 is 5.81. The van der Waals surface area contributed by atoms with Crippen molar-refractivity contribution in [2.75, 3.05) is 18.0 Å². The van der Waals surface area contributed by atoms with E-state index in [0.717, 1.165) is 17.7 Å². The lowest BCUT2D eigenvalue weighted by molar-refractivity contribution is -0.140. The highest BCUT2D eigenvalue weighted by atomic mass is 35.5. The monoisotopic (exact) mass is 653 g/mol. The molecule has 3 aromatic carbocycles. The first-order valence-electron chi connectivity index (χ1n) is 13.5. The van der Waals surface area contributed by atoms with Crippen molar-refractivity contribution in [2.24, 2.45) is 0 Å². The standard InChI is InChI=1S/C31H35ClF3N3O5S/c1-20-7-14-25(15-8-20)44(41,42)38(23-11-16-27(32)26(17-23)31(33,34)35)19-28(39)37(21(2)29(40)36-30(3,4)5)18-22-9-12-24(43-6)13-10-22/h7-17,21H,18-19H2,1-6H3,(H,36,40)/t21-/m1/s1. The highest BCUT2D eigenvalue weighted by Gasteiger charge is 2.37. The van der Waals surface area contributed by atoms with Gasteiger partial charge in [-0.3, -0.25) is 13.9 Å². The number of anilines is 1. The quantitative estimate of drug-likeness (QED) is 0.281. The summed E-state index contributed by atoms with van der Waals surface area (Å²) in [6.07, 6.45) is -4.89. The van der Waals surface area contributed by atoms with Crippen molar-refractivity contribution >= 4 is 39.1 Å². The number of carbonyl (C=O) groups is 2. The minimum Gasteiger partial charge on any atom is -0.497 e. The van der Waals surface area contributed by atoms with Crippen LogP contribution in [0.1, 0.15) is 44.4 Å². The number of hydrogen-bond acceptors (Lipinski definition) is 5. The van der Waals surface area contributed by atoms with Gasteiger partial charge in [-0.1, -0.05) is 41.4 Å². The molecule has 8 nitrogen and oxygen atoms in total. The lowest BCUT2D eigenvalue weighted by Gasteiger charge is -2.33. The predicted octanol–water partition coefficient (Wildman–Crippen LogP) is 6.20. The van der Waals surface area contributed by atoms with Crippen molar-refractivity contribution in [3.05, 3.63) is 88.4 Å². The maximum absolute atomic E-state index is 14.0. The summed E-state index contributed by atoms with van der Waals surface area (Å²) in [6, 6.07) is 13.9. The average molecular weight is 654 g/mol. The Morgan fingerprint density at radius 1 is 0.977 bits per heavy atom. The van der Waals surface area contributed by atoms with Gasteiger partial charge in [-0.05, 0) is 82.6 Å². The summed E-state index contributed by atoms with van der Waals surface area (Å²) in [5.74, 6) is -0.765. The minimum absolute atomic E-state index is 0.103. The van der Waals surface area contributed by atoms with Crippen LogP contribution in [-0.2, 0) is 32.3 Å². The number of methoxy groups -OCH3 is 1. The van der Waals surface area contributed by atoms with E-state index in [2.05, 4.69) is 5.32 Å². The molecule has 0 aliphatic rings. The fourth-order valence-electron chi connectivity index (χ4n) is 4.24. The lowest BCUT2D eigenvalue weighted by Crippen LogP contribution is -2.54. The van der Waals surface area contributed by atoms with Gasteiger partial charge >= 0.3 is 6.18 Å². The second kappa shape index (κ2) is 13.5. The molecule has 0 saturated carbocycles. The molecule has 1 atom stereocenters. The largest absolute Gasteiger partial charge is 0.497 e. The number of sulfonamides is 1. The summed E-state index contributed by atoms with van der Waals surface area (Å²) in [4.78, 5) is 28.2. The van der Waals surface area contributed by atoms with Crippen LogP contribution in [0.4, 0.5) is 18.9 Å². The van der Waals surface area contributed by atoms with Gasteiger partial charge in [0.25, 0.3) is 10.0 Å². The number of nitrogens with zero attached hydrogens (tertiary/aromatic N) is 2. The van der Waals surface area contributed by atoms with Crippen molar-refractivity contribution in [1.29, 1.82) is 0 Å². The Morgan fingerprint density at radius 3 is 2.09 bits per heavy atom. The smallest absolute Gasteiger partial charge is 0.417 e. The molecule has 0 unspecified atom stereocenters. The number of hydrogen-bond donors (Lipinski definition) is 1. The Labute approximate surface area is 260 Å². The number of aryl methyl sites for hydroxylation is 1. The van der Waals surface area contributed by atoms with Crippen LogP contribution in [0, 0.1) is 6.92 Å². The van der Waals surface area contributed by atoms with E-state index in [9.17, 15) is 31.2 Å². The van der Waals surface area contributed by atoms with Crippen LogP contribution in [0.2, 0.25) is 5.02 Å². The number of ether oxygens (including phenoxy) is 1. The third-order valence-corrected chi connectivity index (χ3v) is 8.73. The number of halogens is 4. The van der Waals surface area contributed by atoms with E-state index < -0.39 is 62.4 Å². The van der Waals surface area contributed by atoms with E-state index >= 15 is 0 Å². The second-order valence-electron chi connectivity index (χ2n) is 11.3. The van der Waals surface area contributed by atoms with E-state index in [4.69, 9.17) is 16.3 Å². The second-order valence-corrected chi connectivity index (χ2v) is 13.5. The van der Waals surface area contributed by atoms with Crippen molar-refractivity contribution in [3.8, 4) is 5.75 Å². The molecule has 238 valence electrons. The molecule has 0 radical (unpaired) electrons. The van der Waals surface area contributed by atoms with Gasteiger partial charge in [-0.2, -0.15) is 13.2 Å². The SMILES string of the molecule is COc1ccc(CN(C(=O)CN(c2ccc(Cl)c(C(F)(F)F)c2)S(=O)(=O)c2ccc(C)cc2)[C@H](C)C(=O)NC(C)(C)C)cc1. The van der Waals surface area contributed by atoms with E-state index in [0.29, 0.717) is 21.7 Å². The number of rotatable bonds is 10. The molecule has 0 bridgehead atoms. The zero-order valence-corrected chi connectivity index (χ0v) is 26.8. The van der Waals surface area contributed by atoms with Crippen molar-refractivity contribution in [3.63, 3.8) is 0 Å².